The van der Waals surface area contributed by atoms with Gasteiger partial charge in [0.05, 0.1) is 11.5 Å². The van der Waals surface area contributed by atoms with E-state index < -0.39 is 68.0 Å². The molecule has 190 valence electrons. The Hall–Kier alpha value is -0.800. The summed E-state index contributed by atoms with van der Waals surface area (Å²) in [5, 5.41) is 0. The fourth-order valence-electron chi connectivity index (χ4n) is 3.42. The predicted octanol–water partition coefficient (Wildman–Crippen LogP) is 5.28. The summed E-state index contributed by atoms with van der Waals surface area (Å²) >= 11 is 6.20. The molecule has 0 bridgehead atoms. The summed E-state index contributed by atoms with van der Waals surface area (Å²) in [6.07, 6.45) is 0.0504. The lowest BCUT2D eigenvalue weighted by atomic mass is 9.87. The fourth-order valence-corrected chi connectivity index (χ4v) is 6.41. The Morgan fingerprint density at radius 2 is 1.46 bits per heavy atom. The van der Waals surface area contributed by atoms with Crippen LogP contribution in [0, 0.1) is 39.9 Å². The number of carbonyl (C=O) groups excluding carboxylic acids is 2. The van der Waals surface area contributed by atoms with Gasteiger partial charge in [-0.15, -0.1) is 0 Å². The zero-order chi connectivity index (χ0) is 26.2. The minimum absolute atomic E-state index is 0.0823. The molecule has 0 N–H and O–H groups in total. The maximum Gasteiger partial charge on any atom is 0.339 e. The Balaban J connectivity index is 1.67. The first-order valence-electron chi connectivity index (χ1n) is 9.61. The molecule has 2 aromatic carbocycles. The molecule has 0 unspecified atom stereocenters. The average molecular weight is 853 g/mol. The van der Waals surface area contributed by atoms with Crippen LogP contribution in [0.2, 0.25) is 0 Å². The van der Waals surface area contributed by atoms with Gasteiger partial charge in [-0.25, -0.2) is 22.0 Å². The highest BCUT2D eigenvalue weighted by atomic mass is 127. The van der Waals surface area contributed by atoms with Crippen LogP contribution in [0.1, 0.15) is 36.0 Å². The SMILES string of the molecule is O=C(OC1CCC(C(=O)Oc2c(F)c(F)c(S(=O)(=O)[O-])c(F)c2F)CC1)c1cc(I)cc(I)c1I. The van der Waals surface area contributed by atoms with Crippen molar-refractivity contribution >= 4 is 89.8 Å². The van der Waals surface area contributed by atoms with Gasteiger partial charge in [0, 0.05) is 10.7 Å². The molecular weight excluding hydrogens is 841 g/mol. The van der Waals surface area contributed by atoms with Crippen LogP contribution in [-0.4, -0.2) is 31.0 Å². The van der Waals surface area contributed by atoms with Crippen LogP contribution in [0.5, 0.6) is 5.75 Å². The number of benzene rings is 2. The van der Waals surface area contributed by atoms with Gasteiger partial charge >= 0.3 is 11.9 Å². The van der Waals surface area contributed by atoms with Crippen LogP contribution in [0.15, 0.2) is 17.0 Å². The van der Waals surface area contributed by atoms with E-state index in [1.165, 1.54) is 0 Å². The lowest BCUT2D eigenvalue weighted by Crippen LogP contribution is -2.31. The number of hydrogen-bond donors (Lipinski definition) is 0. The molecule has 1 saturated carbocycles. The second kappa shape index (κ2) is 11.3. The second-order valence-corrected chi connectivity index (χ2v) is 12.2. The lowest BCUT2D eigenvalue weighted by molar-refractivity contribution is -0.141. The van der Waals surface area contributed by atoms with E-state index in [-0.39, 0.29) is 25.7 Å². The highest BCUT2D eigenvalue weighted by molar-refractivity contribution is 14.1. The molecule has 0 spiro atoms. The molecule has 7 nitrogen and oxygen atoms in total. The average Bonchev–Trinajstić information content (AvgIpc) is 2.77. The first-order valence-corrected chi connectivity index (χ1v) is 14.3. The van der Waals surface area contributed by atoms with Crippen molar-refractivity contribution in [3.63, 3.8) is 0 Å². The fraction of sp³-hybridized carbons (Fsp3) is 0.300. The van der Waals surface area contributed by atoms with Crippen LogP contribution in [-0.2, 0) is 19.6 Å². The number of esters is 2. The van der Waals surface area contributed by atoms with Crippen molar-refractivity contribution in [1.82, 2.24) is 0 Å². The van der Waals surface area contributed by atoms with Gasteiger partial charge in [0.25, 0.3) is 0 Å². The Bertz CT molecular complexity index is 1280. The highest BCUT2D eigenvalue weighted by Crippen LogP contribution is 2.35. The Morgan fingerprint density at radius 3 is 1.97 bits per heavy atom. The minimum atomic E-state index is -5.88. The Kier molecular flexibility index (Phi) is 9.29. The van der Waals surface area contributed by atoms with Crippen molar-refractivity contribution in [3.8, 4) is 5.75 Å². The smallest absolute Gasteiger partial charge is 0.339 e. The monoisotopic (exact) mass is 853 g/mol. The molecule has 15 heteroatoms. The molecule has 0 aliphatic heterocycles. The van der Waals surface area contributed by atoms with Crippen LogP contribution >= 0.6 is 67.8 Å². The summed E-state index contributed by atoms with van der Waals surface area (Å²) in [6.45, 7) is 0. The number of ether oxygens (including phenoxy) is 2. The quantitative estimate of drug-likeness (QED) is 0.101. The molecule has 0 saturated heterocycles. The molecule has 2 aromatic rings. The first kappa shape index (κ1) is 28.8. The standard InChI is InChI=1S/C20H13F4I3O7S/c21-12-14(23)18(35(30,31)32)15(24)13(22)17(12)34-19(28)7-1-3-9(4-2-7)33-20(29)10-5-8(25)6-11(26)16(10)27/h5-7,9H,1-4H2,(H,30,31,32)/p-1. The predicted molar refractivity (Wildman–Crippen MR) is 136 cm³/mol. The third kappa shape index (κ3) is 6.38. The molecule has 0 amide bonds. The van der Waals surface area contributed by atoms with E-state index in [1.807, 2.05) is 28.7 Å². The van der Waals surface area contributed by atoms with E-state index in [1.54, 1.807) is 6.07 Å². The normalized spacial score (nSPS) is 18.3. The summed E-state index contributed by atoms with van der Waals surface area (Å²) in [5.74, 6) is -14.1. The molecule has 3 rings (SSSR count). The van der Waals surface area contributed by atoms with Crippen LogP contribution < -0.4 is 4.74 Å². The van der Waals surface area contributed by atoms with Gasteiger partial charge in [-0.1, -0.05) is 0 Å². The largest absolute Gasteiger partial charge is 0.744 e. The van der Waals surface area contributed by atoms with E-state index >= 15 is 0 Å². The van der Waals surface area contributed by atoms with Gasteiger partial charge < -0.3 is 14.0 Å². The van der Waals surface area contributed by atoms with E-state index in [9.17, 15) is 40.1 Å². The van der Waals surface area contributed by atoms with Crippen LogP contribution in [0.3, 0.4) is 0 Å². The van der Waals surface area contributed by atoms with Crippen LogP contribution in [0.4, 0.5) is 17.6 Å². The second-order valence-electron chi connectivity index (χ2n) is 7.42. The summed E-state index contributed by atoms with van der Waals surface area (Å²) in [7, 11) is -5.88. The Morgan fingerprint density at radius 1 is 0.914 bits per heavy atom. The molecule has 0 aromatic heterocycles. The van der Waals surface area contributed by atoms with Gasteiger partial charge in [-0.05, 0) is 106 Å². The molecule has 0 atom stereocenters. The minimum Gasteiger partial charge on any atom is -0.744 e. The van der Waals surface area contributed by atoms with Gasteiger partial charge in [0.2, 0.25) is 17.4 Å². The third-order valence-electron chi connectivity index (χ3n) is 5.13. The Labute approximate surface area is 237 Å². The molecule has 0 heterocycles. The summed E-state index contributed by atoms with van der Waals surface area (Å²) in [5.41, 5.74) is 0.391. The summed E-state index contributed by atoms with van der Waals surface area (Å²) in [4.78, 5) is 22.6. The van der Waals surface area contributed by atoms with Gasteiger partial charge in [0.1, 0.15) is 21.1 Å². The third-order valence-corrected chi connectivity index (χ3v) is 9.66. The van der Waals surface area contributed by atoms with Crippen molar-refractivity contribution in [2.75, 3.05) is 0 Å². The van der Waals surface area contributed by atoms with Gasteiger partial charge in [0.15, 0.2) is 11.6 Å². The van der Waals surface area contributed by atoms with E-state index in [0.29, 0.717) is 5.56 Å². The number of rotatable bonds is 5. The van der Waals surface area contributed by atoms with Crippen molar-refractivity contribution in [2.45, 2.75) is 36.7 Å². The van der Waals surface area contributed by atoms with Crippen LogP contribution in [0.25, 0.3) is 0 Å². The molecular formula is C20H12F4I3O7S-. The van der Waals surface area contributed by atoms with Gasteiger partial charge in [-0.3, -0.25) is 4.79 Å². The molecule has 0 radical (unpaired) electrons. The van der Waals surface area contributed by atoms with Crippen molar-refractivity contribution < 1.29 is 49.6 Å². The number of hydrogen-bond acceptors (Lipinski definition) is 7. The highest BCUT2D eigenvalue weighted by Gasteiger charge is 2.35. The molecule has 1 aliphatic carbocycles. The summed E-state index contributed by atoms with van der Waals surface area (Å²) < 4.78 is 101. The van der Waals surface area contributed by atoms with Gasteiger partial charge in [-0.2, -0.15) is 8.78 Å². The molecule has 35 heavy (non-hydrogen) atoms. The number of halogens is 7. The maximum absolute atomic E-state index is 14.1. The number of carbonyl (C=O) groups is 2. The first-order chi connectivity index (χ1) is 16.2. The van der Waals surface area contributed by atoms with Crippen molar-refractivity contribution in [1.29, 1.82) is 0 Å². The zero-order valence-corrected chi connectivity index (χ0v) is 24.3. The maximum atomic E-state index is 14.1. The van der Waals surface area contributed by atoms with Crippen molar-refractivity contribution in [2.24, 2.45) is 5.92 Å². The zero-order valence-electron chi connectivity index (χ0n) is 17.0. The summed E-state index contributed by atoms with van der Waals surface area (Å²) in [6, 6.07) is 3.58. The molecule has 1 aliphatic rings. The van der Waals surface area contributed by atoms with E-state index in [4.69, 9.17) is 4.74 Å². The molecule has 1 fully saturated rings. The lowest BCUT2D eigenvalue weighted by Gasteiger charge is -2.27. The van der Waals surface area contributed by atoms with E-state index in [0.717, 1.165) is 10.7 Å². The van der Waals surface area contributed by atoms with E-state index in [2.05, 4.69) is 49.9 Å². The van der Waals surface area contributed by atoms with Crippen molar-refractivity contribution in [3.05, 3.63) is 51.7 Å². The topological polar surface area (TPSA) is 110 Å².